The van der Waals surface area contributed by atoms with Crippen molar-refractivity contribution in [3.63, 3.8) is 0 Å². The molecule has 0 N–H and O–H groups in total. The highest BCUT2D eigenvalue weighted by atomic mass is 32.1. The van der Waals surface area contributed by atoms with Crippen LogP contribution >= 0.6 is 11.3 Å². The molecule has 0 fully saturated rings. The number of hydrogen-bond acceptors (Lipinski definition) is 4. The predicted molar refractivity (Wildman–Crippen MR) is 103 cm³/mol. The van der Waals surface area contributed by atoms with Gasteiger partial charge in [0.15, 0.2) is 4.80 Å². The molecule has 1 amide bonds. The van der Waals surface area contributed by atoms with Crippen LogP contribution in [0.4, 0.5) is 5.69 Å². The van der Waals surface area contributed by atoms with Crippen LogP contribution in [0.3, 0.4) is 0 Å². The summed E-state index contributed by atoms with van der Waals surface area (Å²) in [6, 6.07) is 10.3. The van der Waals surface area contributed by atoms with Gasteiger partial charge in [-0.3, -0.25) is 14.9 Å². The molecule has 0 saturated carbocycles. The number of hydrogen-bond donors (Lipinski definition) is 0. The van der Waals surface area contributed by atoms with E-state index in [0.29, 0.717) is 10.4 Å². The van der Waals surface area contributed by atoms with Crippen LogP contribution in [-0.2, 0) is 11.8 Å². The van der Waals surface area contributed by atoms with Crippen LogP contribution in [0.15, 0.2) is 47.5 Å². The third-order valence-corrected chi connectivity index (χ3v) is 5.02. The van der Waals surface area contributed by atoms with Gasteiger partial charge in [0.05, 0.1) is 15.1 Å². The maximum Gasteiger partial charge on any atom is 0.272 e. The monoisotopic (exact) mass is 367 g/mol. The number of nitro benzene ring substituents is 1. The summed E-state index contributed by atoms with van der Waals surface area (Å²) in [7, 11) is 1.89. The highest BCUT2D eigenvalue weighted by molar-refractivity contribution is 7.16. The maximum atomic E-state index is 12.2. The van der Waals surface area contributed by atoms with Crippen LogP contribution < -0.4 is 4.80 Å². The third kappa shape index (κ3) is 3.62. The standard InChI is InChI=1S/C19H17N3O3S/c1-12-9-13(2)18-16(10-12)26-19(21(18)3)20-17(23)8-7-14-5-4-6-15(11-14)22(24)25/h4-11H,1-3H3/b8-7+,20-19?. The molecule has 26 heavy (non-hydrogen) atoms. The Labute approximate surface area is 153 Å². The van der Waals surface area contributed by atoms with Crippen molar-refractivity contribution in [3.8, 4) is 0 Å². The lowest BCUT2D eigenvalue weighted by Crippen LogP contribution is -2.12. The van der Waals surface area contributed by atoms with E-state index < -0.39 is 10.8 Å². The summed E-state index contributed by atoms with van der Waals surface area (Å²) in [5, 5.41) is 10.8. The number of amides is 1. The fourth-order valence-electron chi connectivity index (χ4n) is 2.83. The minimum absolute atomic E-state index is 0.0155. The molecule has 6 nitrogen and oxygen atoms in total. The number of nitro groups is 1. The molecule has 7 heteroatoms. The second-order valence-electron chi connectivity index (χ2n) is 6.01. The Morgan fingerprint density at radius 1 is 1.27 bits per heavy atom. The molecule has 0 spiro atoms. The molecule has 3 rings (SSSR count). The molecule has 0 atom stereocenters. The van der Waals surface area contributed by atoms with Crippen LogP contribution in [0.2, 0.25) is 0 Å². The van der Waals surface area contributed by atoms with Gasteiger partial charge in [0, 0.05) is 25.3 Å². The van der Waals surface area contributed by atoms with Crippen LogP contribution in [0.5, 0.6) is 0 Å². The summed E-state index contributed by atoms with van der Waals surface area (Å²) in [6.07, 6.45) is 2.85. The SMILES string of the molecule is Cc1cc(C)c2c(c1)sc(=NC(=O)/C=C/c1cccc([N+](=O)[O-])c1)n2C. The quantitative estimate of drug-likeness (QED) is 0.400. The van der Waals surface area contributed by atoms with E-state index in [2.05, 4.69) is 17.1 Å². The van der Waals surface area contributed by atoms with Gasteiger partial charge in [-0.15, -0.1) is 0 Å². The lowest BCUT2D eigenvalue weighted by atomic mass is 10.1. The molecule has 0 aliphatic heterocycles. The van der Waals surface area contributed by atoms with Gasteiger partial charge < -0.3 is 4.57 Å². The Kier molecular flexibility index (Phi) is 4.81. The average molecular weight is 367 g/mol. The lowest BCUT2D eigenvalue weighted by Gasteiger charge is -2.01. The van der Waals surface area contributed by atoms with Crippen LogP contribution in [-0.4, -0.2) is 15.4 Å². The zero-order valence-corrected chi connectivity index (χ0v) is 15.4. The molecular formula is C19H17N3O3S. The van der Waals surface area contributed by atoms with E-state index in [9.17, 15) is 14.9 Å². The molecular weight excluding hydrogens is 350 g/mol. The number of benzene rings is 2. The fraction of sp³-hybridized carbons (Fsp3) is 0.158. The molecule has 132 valence electrons. The number of non-ortho nitro benzene ring substituents is 1. The first-order chi connectivity index (χ1) is 12.3. The van der Waals surface area contributed by atoms with Crippen molar-refractivity contribution in [1.29, 1.82) is 0 Å². The molecule has 3 aromatic rings. The Bertz CT molecular complexity index is 1120. The van der Waals surface area contributed by atoms with Crippen molar-refractivity contribution in [1.82, 2.24) is 4.57 Å². The van der Waals surface area contributed by atoms with Gasteiger partial charge in [-0.1, -0.05) is 29.5 Å². The Hall–Kier alpha value is -3.06. The zero-order valence-electron chi connectivity index (χ0n) is 14.6. The number of thiazole rings is 1. The minimum atomic E-state index is -0.467. The number of rotatable bonds is 3. The average Bonchev–Trinajstić information content (AvgIpc) is 2.89. The second-order valence-corrected chi connectivity index (χ2v) is 7.02. The Morgan fingerprint density at radius 3 is 2.77 bits per heavy atom. The summed E-state index contributed by atoms with van der Waals surface area (Å²) in [5.41, 5.74) is 3.93. The largest absolute Gasteiger partial charge is 0.319 e. The molecule has 0 radical (unpaired) electrons. The van der Waals surface area contributed by atoms with Crippen molar-refractivity contribution in [3.05, 3.63) is 74.1 Å². The lowest BCUT2D eigenvalue weighted by molar-refractivity contribution is -0.384. The number of nitrogens with zero attached hydrogens (tertiary/aromatic N) is 3. The molecule has 1 aromatic heterocycles. The first-order valence-corrected chi connectivity index (χ1v) is 8.75. The summed E-state index contributed by atoms with van der Waals surface area (Å²) in [5.74, 6) is -0.409. The number of aryl methyl sites for hydroxylation is 3. The van der Waals surface area contributed by atoms with E-state index in [0.717, 1.165) is 15.8 Å². The molecule has 2 aromatic carbocycles. The van der Waals surface area contributed by atoms with Crippen molar-refractivity contribution >= 4 is 39.2 Å². The first-order valence-electron chi connectivity index (χ1n) is 7.93. The van der Waals surface area contributed by atoms with Gasteiger partial charge in [-0.05, 0) is 42.7 Å². The summed E-state index contributed by atoms with van der Waals surface area (Å²) >= 11 is 1.46. The van der Waals surface area contributed by atoms with E-state index in [1.54, 1.807) is 12.1 Å². The van der Waals surface area contributed by atoms with E-state index in [1.807, 2.05) is 25.5 Å². The van der Waals surface area contributed by atoms with Crippen LogP contribution in [0, 0.1) is 24.0 Å². The zero-order chi connectivity index (χ0) is 18.8. The molecule has 0 aliphatic carbocycles. The van der Waals surface area contributed by atoms with Gasteiger partial charge in [-0.2, -0.15) is 4.99 Å². The van der Waals surface area contributed by atoms with E-state index in [1.165, 1.54) is 41.2 Å². The van der Waals surface area contributed by atoms with Gasteiger partial charge in [0.25, 0.3) is 11.6 Å². The van der Waals surface area contributed by atoms with Gasteiger partial charge in [0.2, 0.25) is 0 Å². The van der Waals surface area contributed by atoms with Crippen LogP contribution in [0.1, 0.15) is 16.7 Å². The number of carbonyl (C=O) groups is 1. The van der Waals surface area contributed by atoms with E-state index in [-0.39, 0.29) is 5.69 Å². The number of carbonyl (C=O) groups excluding carboxylic acids is 1. The molecule has 0 saturated heterocycles. The number of fused-ring (bicyclic) bond motifs is 1. The molecule has 0 bridgehead atoms. The van der Waals surface area contributed by atoms with Crippen molar-refractivity contribution in [2.45, 2.75) is 13.8 Å². The summed E-state index contributed by atoms with van der Waals surface area (Å²) in [6.45, 7) is 4.08. The molecule has 0 unspecified atom stereocenters. The smallest absolute Gasteiger partial charge is 0.272 e. The van der Waals surface area contributed by atoms with Crippen LogP contribution in [0.25, 0.3) is 16.3 Å². The fourth-order valence-corrected chi connectivity index (χ4v) is 4.03. The van der Waals surface area contributed by atoms with Gasteiger partial charge in [-0.25, -0.2) is 0 Å². The molecule has 0 aliphatic rings. The van der Waals surface area contributed by atoms with Crippen molar-refractivity contribution in [2.75, 3.05) is 0 Å². The predicted octanol–water partition coefficient (Wildman–Crippen LogP) is 3.91. The van der Waals surface area contributed by atoms with E-state index in [4.69, 9.17) is 0 Å². The van der Waals surface area contributed by atoms with Crippen molar-refractivity contribution in [2.24, 2.45) is 12.0 Å². The topological polar surface area (TPSA) is 77.5 Å². The number of aromatic nitrogens is 1. The highest BCUT2D eigenvalue weighted by Gasteiger charge is 2.08. The maximum absolute atomic E-state index is 12.2. The van der Waals surface area contributed by atoms with E-state index >= 15 is 0 Å². The minimum Gasteiger partial charge on any atom is -0.319 e. The summed E-state index contributed by atoms with van der Waals surface area (Å²) < 4.78 is 2.99. The van der Waals surface area contributed by atoms with Gasteiger partial charge >= 0.3 is 0 Å². The first kappa shape index (κ1) is 17.8. The second kappa shape index (κ2) is 7.05. The van der Waals surface area contributed by atoms with Crippen molar-refractivity contribution < 1.29 is 9.72 Å². The Morgan fingerprint density at radius 2 is 2.04 bits per heavy atom. The molecule has 1 heterocycles. The highest BCUT2D eigenvalue weighted by Crippen LogP contribution is 2.22. The summed E-state index contributed by atoms with van der Waals surface area (Å²) in [4.78, 5) is 27.3. The normalized spacial score (nSPS) is 12.2. The van der Waals surface area contributed by atoms with Gasteiger partial charge in [0.1, 0.15) is 0 Å². The Balaban J connectivity index is 1.93. The third-order valence-electron chi connectivity index (χ3n) is 3.94.